The lowest BCUT2D eigenvalue weighted by atomic mass is 9.99. The Hall–Kier alpha value is -7.48. The van der Waals surface area contributed by atoms with Gasteiger partial charge in [0.25, 0.3) is 0 Å². The number of benzene rings is 9. The Morgan fingerprint density at radius 3 is 1.52 bits per heavy atom. The molecule has 2 atom stereocenters. The van der Waals surface area contributed by atoms with E-state index in [-0.39, 0.29) is 18.5 Å². The lowest BCUT2D eigenvalue weighted by molar-refractivity contribution is 0.203. The van der Waals surface area contributed by atoms with E-state index in [2.05, 4.69) is 225 Å². The fourth-order valence-electron chi connectivity index (χ4n) is 10.1. The number of aromatic nitrogens is 2. The van der Waals surface area contributed by atoms with Crippen molar-refractivity contribution < 1.29 is 4.42 Å². The third-order valence-corrected chi connectivity index (χ3v) is 12.8. The van der Waals surface area contributed by atoms with Crippen LogP contribution in [0.5, 0.6) is 0 Å². The summed E-state index contributed by atoms with van der Waals surface area (Å²) in [4.78, 5) is 0. The number of hydrogen-bond acceptors (Lipinski definition) is 4. The Morgan fingerprint density at radius 1 is 0.361 bits per heavy atom. The van der Waals surface area contributed by atoms with Crippen LogP contribution in [0.2, 0.25) is 0 Å². The van der Waals surface area contributed by atoms with E-state index in [0.29, 0.717) is 0 Å². The molecular formula is C55H39N5O. The van der Waals surface area contributed by atoms with Crippen LogP contribution in [0.1, 0.15) is 35.2 Å². The van der Waals surface area contributed by atoms with Crippen molar-refractivity contribution in [1.82, 2.24) is 25.1 Å². The van der Waals surface area contributed by atoms with Gasteiger partial charge >= 0.3 is 0 Å². The second kappa shape index (κ2) is 13.5. The monoisotopic (exact) mass is 785 g/mol. The first-order chi connectivity index (χ1) is 30.2. The SMILES string of the molecule is c1ccc(C2NC(c3ccccc3)NC(c3cc(-n4c5ccccc5c5cc6c7ccccc7n(-c7ccccc7)c6cc54)cc4c3oc3ccc5ccccc5c34)N2)cc1. The molecule has 9 aromatic carbocycles. The molecule has 3 N–H and O–H groups in total. The Kier molecular flexibility index (Phi) is 7.63. The van der Waals surface area contributed by atoms with Gasteiger partial charge in [0.15, 0.2) is 0 Å². The van der Waals surface area contributed by atoms with Crippen LogP contribution < -0.4 is 16.0 Å². The number of nitrogens with one attached hydrogen (secondary N) is 3. The van der Waals surface area contributed by atoms with E-state index >= 15 is 0 Å². The molecule has 61 heavy (non-hydrogen) atoms. The highest BCUT2D eigenvalue weighted by atomic mass is 16.3. The molecule has 12 aromatic rings. The maximum Gasteiger partial charge on any atom is 0.141 e. The number of hydrogen-bond donors (Lipinski definition) is 3. The molecule has 1 aliphatic heterocycles. The molecule has 1 aliphatic rings. The van der Waals surface area contributed by atoms with Gasteiger partial charge in [-0.25, -0.2) is 0 Å². The molecule has 0 aliphatic carbocycles. The predicted octanol–water partition coefficient (Wildman–Crippen LogP) is 13.1. The lowest BCUT2D eigenvalue weighted by Crippen LogP contribution is -2.54. The maximum atomic E-state index is 7.02. The molecule has 0 saturated carbocycles. The Labute approximate surface area is 351 Å². The molecule has 2 unspecified atom stereocenters. The largest absolute Gasteiger partial charge is 0.456 e. The molecule has 0 amide bonds. The molecular weight excluding hydrogens is 747 g/mol. The number of furan rings is 1. The highest BCUT2D eigenvalue weighted by molar-refractivity contribution is 6.21. The Morgan fingerprint density at radius 2 is 0.885 bits per heavy atom. The standard InChI is InChI=1S/C55H39N5O/c1-4-17-35(18-5-1)53-56-54(36-19-6-2-7-20-36)58-55(57-53)45-31-38(30-44-51-39-23-11-10-16-34(39)28-29-50(51)61-52(44)45)60-47-27-15-13-25-41(47)43-32-42-40-24-12-14-26-46(40)59(48(42)33-49(43)60)37-21-8-3-9-22-37/h1-33,53-58H. The van der Waals surface area contributed by atoms with Crippen LogP contribution in [-0.2, 0) is 0 Å². The molecule has 4 heterocycles. The summed E-state index contributed by atoms with van der Waals surface area (Å²) in [5.41, 5.74) is 12.0. The van der Waals surface area contributed by atoms with Crippen LogP contribution >= 0.6 is 0 Å². The van der Waals surface area contributed by atoms with Crippen molar-refractivity contribution in [2.75, 3.05) is 0 Å². The molecule has 0 radical (unpaired) electrons. The summed E-state index contributed by atoms with van der Waals surface area (Å²) in [6.45, 7) is 0. The molecule has 6 heteroatoms. The van der Waals surface area contributed by atoms with Gasteiger partial charge in [0.2, 0.25) is 0 Å². The average Bonchev–Trinajstić information content (AvgIpc) is 3.98. The van der Waals surface area contributed by atoms with Crippen LogP contribution in [0, 0.1) is 0 Å². The van der Waals surface area contributed by atoms with Crippen LogP contribution in [-0.4, -0.2) is 9.13 Å². The first-order valence-electron chi connectivity index (χ1n) is 21.0. The topological polar surface area (TPSA) is 59.1 Å². The average molecular weight is 786 g/mol. The van der Waals surface area contributed by atoms with Crippen LogP contribution in [0.4, 0.5) is 0 Å². The number of nitrogens with zero attached hydrogens (tertiary/aromatic N) is 2. The zero-order chi connectivity index (χ0) is 40.0. The van der Waals surface area contributed by atoms with E-state index in [1.54, 1.807) is 0 Å². The van der Waals surface area contributed by atoms with Crippen LogP contribution in [0.3, 0.4) is 0 Å². The molecule has 0 bridgehead atoms. The number of fused-ring (bicyclic) bond motifs is 11. The smallest absolute Gasteiger partial charge is 0.141 e. The van der Waals surface area contributed by atoms with E-state index in [1.807, 2.05) is 0 Å². The van der Waals surface area contributed by atoms with Gasteiger partial charge in [-0.3, -0.25) is 16.0 Å². The summed E-state index contributed by atoms with van der Waals surface area (Å²) >= 11 is 0. The molecule has 1 fully saturated rings. The fourth-order valence-corrected chi connectivity index (χ4v) is 10.1. The van der Waals surface area contributed by atoms with Gasteiger partial charge in [-0.2, -0.15) is 0 Å². The van der Waals surface area contributed by atoms with E-state index in [9.17, 15) is 0 Å². The van der Waals surface area contributed by atoms with Gasteiger partial charge < -0.3 is 13.6 Å². The fraction of sp³-hybridized carbons (Fsp3) is 0.0545. The van der Waals surface area contributed by atoms with Gasteiger partial charge in [0, 0.05) is 49.3 Å². The highest BCUT2D eigenvalue weighted by Crippen LogP contribution is 2.44. The molecule has 0 spiro atoms. The van der Waals surface area contributed by atoms with Gasteiger partial charge in [0.1, 0.15) is 11.2 Å². The van der Waals surface area contributed by atoms with Crippen molar-refractivity contribution in [3.05, 3.63) is 217 Å². The summed E-state index contributed by atoms with van der Waals surface area (Å²) in [5.74, 6) is 0. The van der Waals surface area contributed by atoms with Gasteiger partial charge in [-0.05, 0) is 76.5 Å². The molecule has 6 nitrogen and oxygen atoms in total. The van der Waals surface area contributed by atoms with Crippen molar-refractivity contribution in [3.63, 3.8) is 0 Å². The molecule has 3 aromatic heterocycles. The molecule has 1 saturated heterocycles. The quantitative estimate of drug-likeness (QED) is 0.163. The summed E-state index contributed by atoms with van der Waals surface area (Å²) in [7, 11) is 0. The predicted molar refractivity (Wildman–Crippen MR) is 250 cm³/mol. The van der Waals surface area contributed by atoms with Gasteiger partial charge in [0.05, 0.1) is 40.6 Å². The minimum atomic E-state index is -0.286. The number of para-hydroxylation sites is 3. The Bertz CT molecular complexity index is 3600. The highest BCUT2D eigenvalue weighted by Gasteiger charge is 2.32. The van der Waals surface area contributed by atoms with E-state index in [4.69, 9.17) is 4.42 Å². The maximum absolute atomic E-state index is 7.02. The first kappa shape index (κ1) is 34.4. The zero-order valence-corrected chi connectivity index (χ0v) is 33.1. The van der Waals surface area contributed by atoms with Crippen molar-refractivity contribution >= 4 is 76.3 Å². The summed E-state index contributed by atoms with van der Waals surface area (Å²) in [5, 5.41) is 21.3. The molecule has 13 rings (SSSR count). The van der Waals surface area contributed by atoms with Gasteiger partial charge in [-0.1, -0.05) is 146 Å². The Balaban J connectivity index is 1.12. The van der Waals surface area contributed by atoms with Gasteiger partial charge in [-0.15, -0.1) is 0 Å². The third-order valence-electron chi connectivity index (χ3n) is 12.8. The van der Waals surface area contributed by atoms with Crippen LogP contribution in [0.25, 0.3) is 87.7 Å². The minimum absolute atomic E-state index is 0.136. The van der Waals surface area contributed by atoms with Crippen molar-refractivity contribution in [3.8, 4) is 11.4 Å². The summed E-state index contributed by atoms with van der Waals surface area (Å²) < 4.78 is 11.9. The van der Waals surface area contributed by atoms with Crippen molar-refractivity contribution in [2.45, 2.75) is 18.5 Å². The first-order valence-corrected chi connectivity index (χ1v) is 21.0. The number of rotatable bonds is 5. The second-order valence-corrected chi connectivity index (χ2v) is 16.2. The zero-order valence-electron chi connectivity index (χ0n) is 33.1. The summed E-state index contributed by atoms with van der Waals surface area (Å²) in [6, 6.07) is 72.1. The van der Waals surface area contributed by atoms with Crippen molar-refractivity contribution in [2.24, 2.45) is 0 Å². The second-order valence-electron chi connectivity index (χ2n) is 16.2. The summed E-state index contributed by atoms with van der Waals surface area (Å²) in [6.07, 6.45) is -0.558. The van der Waals surface area contributed by atoms with Crippen molar-refractivity contribution in [1.29, 1.82) is 0 Å². The van der Waals surface area contributed by atoms with E-state index in [0.717, 1.165) is 61.0 Å². The third kappa shape index (κ3) is 5.33. The minimum Gasteiger partial charge on any atom is -0.456 e. The van der Waals surface area contributed by atoms with Crippen LogP contribution in [0.15, 0.2) is 205 Å². The lowest BCUT2D eigenvalue weighted by Gasteiger charge is -2.39. The normalized spacial score (nSPS) is 17.1. The van der Waals surface area contributed by atoms with E-state index < -0.39 is 0 Å². The van der Waals surface area contributed by atoms with E-state index in [1.165, 1.54) is 43.4 Å². The molecule has 290 valence electrons.